The van der Waals surface area contributed by atoms with Crippen LogP contribution in [0.5, 0.6) is 17.2 Å². The Bertz CT molecular complexity index is 1260. The van der Waals surface area contributed by atoms with Crippen LogP contribution in [0, 0.1) is 0 Å². The van der Waals surface area contributed by atoms with Crippen molar-refractivity contribution in [2.45, 2.75) is 13.5 Å². The lowest BCUT2D eigenvalue weighted by atomic mass is 10.0. The van der Waals surface area contributed by atoms with E-state index >= 15 is 0 Å². The number of allylic oxidation sites excluding steroid dienone is 1. The van der Waals surface area contributed by atoms with Crippen LogP contribution in [-0.4, -0.2) is 48.6 Å². The summed E-state index contributed by atoms with van der Waals surface area (Å²) in [6.45, 7) is 6.36. The van der Waals surface area contributed by atoms with Crippen LogP contribution >= 0.6 is 11.6 Å². The lowest BCUT2D eigenvalue weighted by Gasteiger charge is -2.36. The number of benzene rings is 3. The number of ketones is 1. The molecule has 3 aromatic carbocycles. The molecule has 1 saturated heterocycles. The summed E-state index contributed by atoms with van der Waals surface area (Å²) in [5, 5.41) is 11.4. The molecule has 5 rings (SSSR count). The fourth-order valence-corrected chi connectivity index (χ4v) is 4.67. The highest BCUT2D eigenvalue weighted by Crippen LogP contribution is 2.40. The lowest BCUT2D eigenvalue weighted by Crippen LogP contribution is -2.46. The number of carbonyl (C=O) groups is 1. The van der Waals surface area contributed by atoms with Crippen molar-refractivity contribution in [3.05, 3.63) is 88.1 Å². The SMILES string of the molecule is CCOc1ccc(/C=C2\Oc3c(ccc(O)c3CN3CCN(c4cccc(Cl)c4)CC3)C2=O)cc1. The van der Waals surface area contributed by atoms with Crippen LogP contribution in [0.25, 0.3) is 6.08 Å². The Morgan fingerprint density at radius 3 is 2.54 bits per heavy atom. The van der Waals surface area contributed by atoms with Crippen molar-refractivity contribution in [3.8, 4) is 17.2 Å². The van der Waals surface area contributed by atoms with Crippen LogP contribution in [0.3, 0.4) is 0 Å². The van der Waals surface area contributed by atoms with Crippen LogP contribution in [0.2, 0.25) is 5.02 Å². The fourth-order valence-electron chi connectivity index (χ4n) is 4.49. The third kappa shape index (κ3) is 4.99. The third-order valence-corrected chi connectivity index (χ3v) is 6.57. The van der Waals surface area contributed by atoms with Gasteiger partial charge in [0.25, 0.3) is 0 Å². The molecule has 0 atom stereocenters. The summed E-state index contributed by atoms with van der Waals surface area (Å²) < 4.78 is 11.5. The van der Waals surface area contributed by atoms with Gasteiger partial charge in [-0.1, -0.05) is 29.8 Å². The number of phenols is 1. The number of ether oxygens (including phenoxy) is 2. The Labute approximate surface area is 209 Å². The molecule has 6 nitrogen and oxygen atoms in total. The highest BCUT2D eigenvalue weighted by molar-refractivity contribution is 6.30. The molecular formula is C28H27ClN2O4. The second-order valence-corrected chi connectivity index (χ2v) is 9.06. The highest BCUT2D eigenvalue weighted by atomic mass is 35.5. The van der Waals surface area contributed by atoms with Gasteiger partial charge < -0.3 is 19.5 Å². The van der Waals surface area contributed by atoms with Gasteiger partial charge in [0.1, 0.15) is 17.2 Å². The van der Waals surface area contributed by atoms with Crippen molar-refractivity contribution >= 4 is 29.1 Å². The topological polar surface area (TPSA) is 62.2 Å². The zero-order valence-corrected chi connectivity index (χ0v) is 20.3. The molecule has 0 radical (unpaired) electrons. The minimum absolute atomic E-state index is 0.135. The van der Waals surface area contributed by atoms with E-state index in [2.05, 4.69) is 15.9 Å². The molecule has 0 aromatic heterocycles. The summed E-state index contributed by atoms with van der Waals surface area (Å²) in [6.07, 6.45) is 1.72. The van der Waals surface area contributed by atoms with Crippen molar-refractivity contribution < 1.29 is 19.4 Å². The number of Topliss-reactive ketones (excluding diaryl/α,β-unsaturated/α-hetero) is 1. The van der Waals surface area contributed by atoms with E-state index in [9.17, 15) is 9.90 Å². The molecule has 35 heavy (non-hydrogen) atoms. The van der Waals surface area contributed by atoms with Crippen LogP contribution < -0.4 is 14.4 Å². The quantitative estimate of drug-likeness (QED) is 0.468. The highest BCUT2D eigenvalue weighted by Gasteiger charge is 2.32. The largest absolute Gasteiger partial charge is 0.507 e. The van der Waals surface area contributed by atoms with Crippen molar-refractivity contribution in [1.29, 1.82) is 0 Å². The predicted molar refractivity (Wildman–Crippen MR) is 138 cm³/mol. The second-order valence-electron chi connectivity index (χ2n) is 8.62. The zero-order chi connectivity index (χ0) is 24.4. The number of nitrogens with zero attached hydrogens (tertiary/aromatic N) is 2. The normalized spacial score (nSPS) is 16.9. The summed E-state index contributed by atoms with van der Waals surface area (Å²) in [6, 6.07) is 18.6. The van der Waals surface area contributed by atoms with E-state index in [1.54, 1.807) is 18.2 Å². The zero-order valence-electron chi connectivity index (χ0n) is 19.5. The van der Waals surface area contributed by atoms with Crippen LogP contribution in [0.4, 0.5) is 5.69 Å². The van der Waals surface area contributed by atoms with Gasteiger partial charge in [-0.3, -0.25) is 9.69 Å². The summed E-state index contributed by atoms with van der Waals surface area (Å²) >= 11 is 6.15. The molecule has 1 N–H and O–H groups in total. The summed E-state index contributed by atoms with van der Waals surface area (Å²) in [5.74, 6) is 1.43. The molecule has 0 aliphatic carbocycles. The van der Waals surface area contributed by atoms with Gasteiger partial charge >= 0.3 is 0 Å². The number of halogens is 1. The molecule has 2 aliphatic rings. The minimum atomic E-state index is -0.180. The van der Waals surface area contributed by atoms with Crippen molar-refractivity contribution in [2.75, 3.05) is 37.7 Å². The number of hydrogen-bond acceptors (Lipinski definition) is 6. The van der Waals surface area contributed by atoms with E-state index in [-0.39, 0.29) is 17.3 Å². The van der Waals surface area contributed by atoms with Gasteiger partial charge in [-0.05, 0) is 61.0 Å². The number of piperazine rings is 1. The molecule has 0 bridgehead atoms. The first-order valence-corrected chi connectivity index (χ1v) is 12.1. The Morgan fingerprint density at radius 1 is 1.06 bits per heavy atom. The Kier molecular flexibility index (Phi) is 6.66. The van der Waals surface area contributed by atoms with Gasteiger partial charge in [0, 0.05) is 43.4 Å². The van der Waals surface area contributed by atoms with Gasteiger partial charge in [0.15, 0.2) is 5.76 Å². The average molecular weight is 491 g/mol. The number of aromatic hydroxyl groups is 1. The molecular weight excluding hydrogens is 464 g/mol. The Morgan fingerprint density at radius 2 is 1.83 bits per heavy atom. The second kappa shape index (κ2) is 10.0. The van der Waals surface area contributed by atoms with E-state index in [1.807, 2.05) is 49.4 Å². The van der Waals surface area contributed by atoms with Crippen LogP contribution in [0.1, 0.15) is 28.4 Å². The molecule has 1 fully saturated rings. The molecule has 7 heteroatoms. The number of fused-ring (bicyclic) bond motifs is 1. The maximum Gasteiger partial charge on any atom is 0.231 e. The predicted octanol–water partition coefficient (Wildman–Crippen LogP) is 5.38. The smallest absolute Gasteiger partial charge is 0.231 e. The molecule has 0 amide bonds. The summed E-state index contributed by atoms with van der Waals surface area (Å²) in [5.41, 5.74) is 3.07. The van der Waals surface area contributed by atoms with Gasteiger partial charge in [0.05, 0.1) is 17.7 Å². The molecule has 2 heterocycles. The van der Waals surface area contributed by atoms with E-state index < -0.39 is 0 Å². The number of carbonyl (C=O) groups excluding carboxylic acids is 1. The molecule has 0 saturated carbocycles. The first kappa shape index (κ1) is 23.3. The first-order chi connectivity index (χ1) is 17.0. The standard InChI is InChI=1S/C28H27ClN2O4/c1-2-34-22-8-6-19(7-9-22)16-26-27(33)23-10-11-25(32)24(28(23)35-26)18-30-12-14-31(15-13-30)21-5-3-4-20(29)17-21/h3-11,16-17,32H,2,12-15,18H2,1H3/b26-16-. The van der Waals surface area contributed by atoms with Crippen LogP contribution in [0.15, 0.2) is 66.4 Å². The van der Waals surface area contributed by atoms with Crippen molar-refractivity contribution in [1.82, 2.24) is 4.90 Å². The molecule has 2 aliphatic heterocycles. The molecule has 180 valence electrons. The van der Waals surface area contributed by atoms with Crippen molar-refractivity contribution in [3.63, 3.8) is 0 Å². The average Bonchev–Trinajstić information content (AvgIpc) is 3.18. The lowest BCUT2D eigenvalue weighted by molar-refractivity contribution is 0.101. The monoisotopic (exact) mass is 490 g/mol. The van der Waals surface area contributed by atoms with E-state index in [0.717, 1.165) is 48.2 Å². The van der Waals surface area contributed by atoms with Gasteiger partial charge in [-0.15, -0.1) is 0 Å². The molecule has 3 aromatic rings. The maximum absolute atomic E-state index is 13.0. The number of phenolic OH excluding ortho intramolecular Hbond substituents is 1. The fraction of sp³-hybridized carbons (Fsp3) is 0.250. The Balaban J connectivity index is 1.30. The maximum atomic E-state index is 13.0. The Hall–Kier alpha value is -3.48. The summed E-state index contributed by atoms with van der Waals surface area (Å²) in [4.78, 5) is 17.6. The first-order valence-electron chi connectivity index (χ1n) is 11.8. The van der Waals surface area contributed by atoms with E-state index in [1.165, 1.54) is 0 Å². The minimum Gasteiger partial charge on any atom is -0.507 e. The summed E-state index contributed by atoms with van der Waals surface area (Å²) in [7, 11) is 0. The molecule has 0 spiro atoms. The number of anilines is 1. The van der Waals surface area contributed by atoms with E-state index in [4.69, 9.17) is 21.1 Å². The number of rotatable bonds is 6. The molecule has 0 unspecified atom stereocenters. The van der Waals surface area contributed by atoms with Gasteiger partial charge in [-0.25, -0.2) is 0 Å². The third-order valence-electron chi connectivity index (χ3n) is 6.33. The van der Waals surface area contributed by atoms with E-state index in [0.29, 0.717) is 30.0 Å². The van der Waals surface area contributed by atoms with Crippen molar-refractivity contribution in [2.24, 2.45) is 0 Å². The van der Waals surface area contributed by atoms with Gasteiger partial charge in [-0.2, -0.15) is 0 Å². The van der Waals surface area contributed by atoms with Gasteiger partial charge in [0.2, 0.25) is 5.78 Å². The van der Waals surface area contributed by atoms with Crippen LogP contribution in [-0.2, 0) is 6.54 Å². The number of hydrogen-bond donors (Lipinski definition) is 1.